The maximum Gasteiger partial charge on any atom is 0.243 e. The van der Waals surface area contributed by atoms with Crippen molar-refractivity contribution in [1.29, 1.82) is 0 Å². The Balaban J connectivity index is 2.81. The van der Waals surface area contributed by atoms with Gasteiger partial charge in [-0.05, 0) is 44.4 Å². The lowest BCUT2D eigenvalue weighted by molar-refractivity contribution is -0.133. The number of primary amides is 1. The fourth-order valence-electron chi connectivity index (χ4n) is 4.32. The second-order valence-corrected chi connectivity index (χ2v) is 11.5. The quantitative estimate of drug-likeness (QED) is 0.0822. The van der Waals surface area contributed by atoms with E-state index in [1.807, 2.05) is 27.7 Å². The van der Waals surface area contributed by atoms with Gasteiger partial charge in [-0.15, -0.1) is 0 Å². The van der Waals surface area contributed by atoms with Crippen molar-refractivity contribution in [1.82, 2.24) is 31.9 Å². The number of carbonyl (C=O) groups is 7. The average molecular weight is 598 g/mol. The molecule has 15 heteroatoms. The standard InChI is InChI=1S/C27H47N7O8/c1-14(2)8-19(16(5)35)33-24(39)13-31-26(41)21(9-15(3)4)34-27(42)18(6-7-22(28)37)32-23(38)12-30-25(40)20-10-17(36)11-29-20/h14-15,17-21,29,36H,6-13H2,1-5H3,(H2,28,37)(H,30,40)(H,31,41)(H,32,38)(H,33,39)(H,34,42)/t17-,18+,19+,20+,21+/m1/s1. The molecule has 1 aliphatic rings. The van der Waals surface area contributed by atoms with Gasteiger partial charge in [0.15, 0.2) is 5.78 Å². The van der Waals surface area contributed by atoms with Crippen molar-refractivity contribution in [3.63, 3.8) is 0 Å². The van der Waals surface area contributed by atoms with Crippen molar-refractivity contribution >= 4 is 41.2 Å². The van der Waals surface area contributed by atoms with Crippen LogP contribution in [0.25, 0.3) is 0 Å². The number of Topliss-reactive ketones (excluding diaryl/α,β-unsaturated/α-hetero) is 1. The maximum atomic E-state index is 13.1. The Hall–Kier alpha value is -3.59. The third-order valence-electron chi connectivity index (χ3n) is 6.47. The minimum atomic E-state index is -1.24. The molecule has 0 radical (unpaired) electrons. The van der Waals surface area contributed by atoms with E-state index in [2.05, 4.69) is 31.9 Å². The first kappa shape index (κ1) is 36.4. The minimum absolute atomic E-state index is 0.0420. The number of aliphatic hydroxyl groups excluding tert-OH is 1. The number of hydrogen-bond donors (Lipinski definition) is 8. The third kappa shape index (κ3) is 14.3. The maximum absolute atomic E-state index is 13.1. The molecule has 238 valence electrons. The van der Waals surface area contributed by atoms with Gasteiger partial charge >= 0.3 is 0 Å². The molecule has 0 spiro atoms. The Morgan fingerprint density at radius 3 is 1.86 bits per heavy atom. The number of hydrogen-bond acceptors (Lipinski definition) is 9. The first-order valence-electron chi connectivity index (χ1n) is 14.2. The second kappa shape index (κ2) is 18.1. The zero-order valence-electron chi connectivity index (χ0n) is 25.1. The number of nitrogens with one attached hydrogen (secondary N) is 6. The van der Waals surface area contributed by atoms with Crippen LogP contribution in [0.3, 0.4) is 0 Å². The van der Waals surface area contributed by atoms with Crippen LogP contribution in [0.4, 0.5) is 0 Å². The number of amides is 6. The molecule has 1 heterocycles. The summed E-state index contributed by atoms with van der Waals surface area (Å²) in [5.41, 5.74) is 5.22. The molecule has 0 aromatic heterocycles. The molecule has 0 aromatic rings. The summed E-state index contributed by atoms with van der Waals surface area (Å²) in [6.45, 7) is 8.24. The topological polar surface area (TPSA) is 238 Å². The third-order valence-corrected chi connectivity index (χ3v) is 6.47. The van der Waals surface area contributed by atoms with E-state index in [0.717, 1.165) is 0 Å². The van der Waals surface area contributed by atoms with Crippen molar-refractivity contribution in [2.45, 2.75) is 97.0 Å². The zero-order chi connectivity index (χ0) is 32.0. The summed E-state index contributed by atoms with van der Waals surface area (Å²) in [4.78, 5) is 86.4. The van der Waals surface area contributed by atoms with E-state index in [-0.39, 0.29) is 49.8 Å². The predicted octanol–water partition coefficient (Wildman–Crippen LogP) is -2.66. The van der Waals surface area contributed by atoms with Gasteiger partial charge in [0.1, 0.15) is 12.1 Å². The Morgan fingerprint density at radius 2 is 1.36 bits per heavy atom. The Kier molecular flexibility index (Phi) is 15.7. The first-order chi connectivity index (χ1) is 19.6. The van der Waals surface area contributed by atoms with E-state index in [1.54, 1.807) is 0 Å². The van der Waals surface area contributed by atoms with Crippen LogP contribution in [0, 0.1) is 11.8 Å². The molecule has 1 aliphatic heterocycles. The highest BCUT2D eigenvalue weighted by Crippen LogP contribution is 2.08. The van der Waals surface area contributed by atoms with Crippen LogP contribution in [0.5, 0.6) is 0 Å². The highest BCUT2D eigenvalue weighted by molar-refractivity contribution is 5.95. The van der Waals surface area contributed by atoms with Crippen LogP contribution in [0.15, 0.2) is 0 Å². The van der Waals surface area contributed by atoms with Gasteiger partial charge in [0.05, 0.1) is 31.3 Å². The van der Waals surface area contributed by atoms with Gasteiger partial charge in [0.25, 0.3) is 0 Å². The van der Waals surface area contributed by atoms with E-state index in [9.17, 15) is 38.7 Å². The molecule has 15 nitrogen and oxygen atoms in total. The largest absolute Gasteiger partial charge is 0.392 e. The lowest BCUT2D eigenvalue weighted by atomic mass is 10.0. The molecule has 5 atom stereocenters. The van der Waals surface area contributed by atoms with Crippen molar-refractivity contribution in [3.8, 4) is 0 Å². The number of β-amino-alcohol motifs (C(OH)–C–C–N with tert-alkyl or cyclic N) is 1. The minimum Gasteiger partial charge on any atom is -0.392 e. The number of ketones is 1. The smallest absolute Gasteiger partial charge is 0.243 e. The van der Waals surface area contributed by atoms with Crippen molar-refractivity contribution < 1.29 is 38.7 Å². The highest BCUT2D eigenvalue weighted by atomic mass is 16.3. The van der Waals surface area contributed by atoms with E-state index in [0.29, 0.717) is 6.42 Å². The predicted molar refractivity (Wildman–Crippen MR) is 152 cm³/mol. The summed E-state index contributed by atoms with van der Waals surface area (Å²) in [7, 11) is 0. The Labute approximate surface area is 246 Å². The first-order valence-corrected chi connectivity index (χ1v) is 14.2. The lowest BCUT2D eigenvalue weighted by Crippen LogP contribution is -2.56. The summed E-state index contributed by atoms with van der Waals surface area (Å²) in [6.07, 6.45) is -0.197. The van der Waals surface area contributed by atoms with Crippen LogP contribution in [0.2, 0.25) is 0 Å². The Morgan fingerprint density at radius 1 is 0.810 bits per heavy atom. The molecule has 0 bridgehead atoms. The fraction of sp³-hybridized carbons (Fsp3) is 0.741. The van der Waals surface area contributed by atoms with Crippen LogP contribution >= 0.6 is 0 Å². The zero-order valence-corrected chi connectivity index (χ0v) is 25.1. The van der Waals surface area contributed by atoms with Gasteiger partial charge in [-0.1, -0.05) is 27.7 Å². The monoisotopic (exact) mass is 597 g/mol. The van der Waals surface area contributed by atoms with E-state index in [4.69, 9.17) is 5.73 Å². The van der Waals surface area contributed by atoms with Gasteiger partial charge in [-0.3, -0.25) is 33.6 Å². The summed E-state index contributed by atoms with van der Waals surface area (Å²) in [6, 6.07) is -3.65. The molecule has 42 heavy (non-hydrogen) atoms. The van der Waals surface area contributed by atoms with Crippen LogP contribution in [-0.2, 0) is 33.6 Å². The Bertz CT molecular complexity index is 988. The molecule has 0 aliphatic carbocycles. The molecule has 0 unspecified atom stereocenters. The lowest BCUT2D eigenvalue weighted by Gasteiger charge is -2.24. The van der Waals surface area contributed by atoms with Crippen LogP contribution in [0.1, 0.15) is 66.7 Å². The number of aliphatic hydroxyl groups is 1. The summed E-state index contributed by atoms with van der Waals surface area (Å²) >= 11 is 0. The van der Waals surface area contributed by atoms with Crippen LogP contribution < -0.4 is 37.6 Å². The van der Waals surface area contributed by atoms with Gasteiger partial charge in [-0.2, -0.15) is 0 Å². The molecule has 9 N–H and O–H groups in total. The molecule has 0 aromatic carbocycles. The van der Waals surface area contributed by atoms with E-state index < -0.39 is 78.8 Å². The molecule has 1 rings (SSSR count). The SMILES string of the molecule is CC(=O)[C@H](CC(C)C)NC(=O)CNC(=O)[C@H](CC(C)C)NC(=O)[C@H](CCC(N)=O)NC(=O)CNC(=O)[C@@H]1C[C@@H](O)CN1. The molecule has 6 amide bonds. The van der Waals surface area contributed by atoms with Gasteiger partial charge < -0.3 is 42.7 Å². The summed E-state index contributed by atoms with van der Waals surface area (Å²) < 4.78 is 0. The summed E-state index contributed by atoms with van der Waals surface area (Å²) in [5.74, 6) is -3.95. The molecular formula is C27H47N7O8. The van der Waals surface area contributed by atoms with Gasteiger partial charge in [0, 0.05) is 13.0 Å². The molecular weight excluding hydrogens is 550 g/mol. The van der Waals surface area contributed by atoms with Crippen molar-refractivity contribution in [2.24, 2.45) is 17.6 Å². The normalized spacial score (nSPS) is 18.5. The van der Waals surface area contributed by atoms with Crippen molar-refractivity contribution in [3.05, 3.63) is 0 Å². The van der Waals surface area contributed by atoms with Gasteiger partial charge in [0.2, 0.25) is 35.4 Å². The number of nitrogens with two attached hydrogens (primary N) is 1. The summed E-state index contributed by atoms with van der Waals surface area (Å²) in [5, 5.41) is 24.9. The van der Waals surface area contributed by atoms with Gasteiger partial charge in [-0.25, -0.2) is 0 Å². The fourth-order valence-corrected chi connectivity index (χ4v) is 4.32. The molecule has 1 saturated heterocycles. The second-order valence-electron chi connectivity index (χ2n) is 11.5. The van der Waals surface area contributed by atoms with E-state index in [1.165, 1.54) is 6.92 Å². The molecule has 0 saturated carbocycles. The highest BCUT2D eigenvalue weighted by Gasteiger charge is 2.30. The average Bonchev–Trinajstić information content (AvgIpc) is 3.32. The molecule has 1 fully saturated rings. The van der Waals surface area contributed by atoms with E-state index >= 15 is 0 Å². The van der Waals surface area contributed by atoms with Crippen LogP contribution in [-0.4, -0.2) is 96.2 Å². The number of carbonyl (C=O) groups excluding carboxylic acids is 7. The number of rotatable bonds is 18. The van der Waals surface area contributed by atoms with Crippen molar-refractivity contribution in [2.75, 3.05) is 19.6 Å².